The van der Waals surface area contributed by atoms with Crippen LogP contribution in [0.15, 0.2) is 35.3 Å². The van der Waals surface area contributed by atoms with Crippen molar-refractivity contribution in [2.24, 2.45) is 34.0 Å². The van der Waals surface area contributed by atoms with Gasteiger partial charge in [0.25, 0.3) is 0 Å². The molecule has 3 amide bonds. The zero-order valence-corrected chi connectivity index (χ0v) is 22.6. The van der Waals surface area contributed by atoms with Crippen LogP contribution in [0.2, 0.25) is 0 Å². The Morgan fingerprint density at radius 2 is 1.53 bits per heavy atom. The summed E-state index contributed by atoms with van der Waals surface area (Å²) in [5.41, 5.74) is 17.7. The van der Waals surface area contributed by atoms with Gasteiger partial charge in [-0.1, -0.05) is 64.4 Å². The highest BCUT2D eigenvalue weighted by Gasteiger charge is 2.32. The number of nitrogens with two attached hydrogens (primary N) is 3. The monoisotopic (exact) mass is 533 g/mol. The molecule has 10 N–H and O–H groups in total. The van der Waals surface area contributed by atoms with Crippen LogP contribution in [0.25, 0.3) is 0 Å². The van der Waals surface area contributed by atoms with E-state index < -0.39 is 47.9 Å². The summed E-state index contributed by atoms with van der Waals surface area (Å²) in [6.45, 7) is 7.26. The molecule has 1 aromatic rings. The lowest BCUT2D eigenvalue weighted by atomic mass is 9.98. The minimum absolute atomic E-state index is 0.104. The van der Waals surface area contributed by atoms with E-state index >= 15 is 0 Å². The minimum Gasteiger partial charge on any atom is -0.480 e. The summed E-state index contributed by atoms with van der Waals surface area (Å²) in [4.78, 5) is 54.7. The lowest BCUT2D eigenvalue weighted by Crippen LogP contribution is -2.59. The van der Waals surface area contributed by atoms with E-state index in [1.54, 1.807) is 20.8 Å². The van der Waals surface area contributed by atoms with Gasteiger partial charge in [-0.2, -0.15) is 0 Å². The zero-order valence-electron chi connectivity index (χ0n) is 22.6. The van der Waals surface area contributed by atoms with Crippen LogP contribution in [0.1, 0.15) is 52.5 Å². The summed E-state index contributed by atoms with van der Waals surface area (Å²) < 4.78 is 0. The quantitative estimate of drug-likeness (QED) is 0.0859. The number of carboxylic acids is 1. The van der Waals surface area contributed by atoms with Crippen LogP contribution in [0, 0.1) is 11.8 Å². The summed E-state index contributed by atoms with van der Waals surface area (Å²) in [5, 5.41) is 17.5. The lowest BCUT2D eigenvalue weighted by Gasteiger charge is -2.28. The van der Waals surface area contributed by atoms with Gasteiger partial charge in [-0.15, -0.1) is 0 Å². The van der Waals surface area contributed by atoms with Gasteiger partial charge in [-0.3, -0.25) is 19.4 Å². The van der Waals surface area contributed by atoms with Crippen LogP contribution in [-0.4, -0.2) is 65.5 Å². The Morgan fingerprint density at radius 3 is 2.05 bits per heavy atom. The van der Waals surface area contributed by atoms with E-state index in [0.29, 0.717) is 19.3 Å². The maximum absolute atomic E-state index is 13.2. The van der Waals surface area contributed by atoms with Gasteiger partial charge in [-0.05, 0) is 36.7 Å². The van der Waals surface area contributed by atoms with E-state index in [1.807, 2.05) is 37.3 Å². The van der Waals surface area contributed by atoms with E-state index in [-0.39, 0.29) is 30.8 Å². The second-order valence-corrected chi connectivity index (χ2v) is 9.75. The normalized spacial score (nSPS) is 14.9. The first-order valence-corrected chi connectivity index (χ1v) is 12.9. The predicted molar refractivity (Wildman–Crippen MR) is 146 cm³/mol. The second-order valence-electron chi connectivity index (χ2n) is 9.75. The molecule has 0 spiro atoms. The van der Waals surface area contributed by atoms with Crippen LogP contribution in [-0.2, 0) is 25.6 Å². The number of guanidine groups is 1. The Kier molecular flexibility index (Phi) is 13.8. The number of nitrogens with zero attached hydrogens (tertiary/aromatic N) is 1. The van der Waals surface area contributed by atoms with Crippen LogP contribution in [0.5, 0.6) is 0 Å². The van der Waals surface area contributed by atoms with E-state index in [9.17, 15) is 24.3 Å². The van der Waals surface area contributed by atoms with Crippen molar-refractivity contribution >= 4 is 29.7 Å². The third kappa shape index (κ3) is 11.2. The average molecular weight is 534 g/mol. The van der Waals surface area contributed by atoms with Gasteiger partial charge in [0.05, 0.1) is 6.04 Å². The van der Waals surface area contributed by atoms with Crippen LogP contribution in [0.3, 0.4) is 0 Å². The van der Waals surface area contributed by atoms with Gasteiger partial charge in [-0.25, -0.2) is 4.79 Å². The first-order chi connectivity index (χ1) is 17.9. The number of rotatable bonds is 16. The van der Waals surface area contributed by atoms with Crippen molar-refractivity contribution in [3.05, 3.63) is 35.9 Å². The van der Waals surface area contributed by atoms with Crippen molar-refractivity contribution in [3.63, 3.8) is 0 Å². The van der Waals surface area contributed by atoms with E-state index in [2.05, 4.69) is 20.9 Å². The Hall–Kier alpha value is -3.67. The smallest absolute Gasteiger partial charge is 0.326 e. The Balaban J connectivity index is 3.00. The third-order valence-electron chi connectivity index (χ3n) is 6.24. The van der Waals surface area contributed by atoms with Gasteiger partial charge in [0.2, 0.25) is 17.7 Å². The average Bonchev–Trinajstić information content (AvgIpc) is 2.86. The van der Waals surface area contributed by atoms with Gasteiger partial charge < -0.3 is 38.3 Å². The fourth-order valence-corrected chi connectivity index (χ4v) is 3.73. The van der Waals surface area contributed by atoms with E-state index in [0.717, 1.165) is 5.56 Å². The first-order valence-electron chi connectivity index (χ1n) is 12.9. The molecule has 5 atom stereocenters. The SMILES string of the molecule is CCC(C)C(NC(=O)C(CCCN=C(N)N)NC(=O)C(NC(=O)C(N)Cc1ccccc1)C(C)C)C(=O)O. The van der Waals surface area contributed by atoms with Crippen molar-refractivity contribution in [2.75, 3.05) is 6.54 Å². The maximum Gasteiger partial charge on any atom is 0.326 e. The molecule has 38 heavy (non-hydrogen) atoms. The molecule has 12 heteroatoms. The summed E-state index contributed by atoms with van der Waals surface area (Å²) in [6.07, 6.45) is 1.32. The molecule has 5 unspecified atom stereocenters. The molecule has 0 aromatic heterocycles. The molecule has 0 aliphatic rings. The number of aliphatic imine (C=N–C) groups is 1. The topological polar surface area (TPSA) is 215 Å². The van der Waals surface area contributed by atoms with Crippen molar-refractivity contribution in [2.45, 2.75) is 77.5 Å². The number of aliphatic carboxylic acids is 1. The van der Waals surface area contributed by atoms with Gasteiger partial charge >= 0.3 is 5.97 Å². The second kappa shape index (κ2) is 16.2. The maximum atomic E-state index is 13.2. The largest absolute Gasteiger partial charge is 0.480 e. The number of nitrogens with one attached hydrogen (secondary N) is 3. The predicted octanol–water partition coefficient (Wildman–Crippen LogP) is -0.149. The van der Waals surface area contributed by atoms with Gasteiger partial charge in [0.1, 0.15) is 18.1 Å². The molecule has 212 valence electrons. The molecule has 0 radical (unpaired) electrons. The molecule has 0 bridgehead atoms. The van der Waals surface area contributed by atoms with E-state index in [1.165, 1.54) is 0 Å². The summed E-state index contributed by atoms with van der Waals surface area (Å²) >= 11 is 0. The van der Waals surface area contributed by atoms with Crippen molar-refractivity contribution in [3.8, 4) is 0 Å². The van der Waals surface area contributed by atoms with E-state index in [4.69, 9.17) is 17.2 Å². The molecule has 12 nitrogen and oxygen atoms in total. The fraction of sp³-hybridized carbons (Fsp3) is 0.577. The number of carbonyl (C=O) groups excluding carboxylic acids is 3. The van der Waals surface area contributed by atoms with Crippen LogP contribution in [0.4, 0.5) is 0 Å². The highest BCUT2D eigenvalue weighted by molar-refractivity contribution is 5.94. The molecule has 0 fully saturated rings. The number of benzene rings is 1. The number of amides is 3. The van der Waals surface area contributed by atoms with Gasteiger partial charge in [0, 0.05) is 6.54 Å². The Labute approximate surface area is 224 Å². The summed E-state index contributed by atoms with van der Waals surface area (Å²) in [6, 6.07) is 5.22. The van der Waals surface area contributed by atoms with Crippen molar-refractivity contribution < 1.29 is 24.3 Å². The Morgan fingerprint density at radius 1 is 0.921 bits per heavy atom. The number of carbonyl (C=O) groups is 4. The molecular formula is C26H43N7O5. The molecule has 0 saturated carbocycles. The zero-order chi connectivity index (χ0) is 28.8. The van der Waals surface area contributed by atoms with Crippen molar-refractivity contribution in [1.29, 1.82) is 0 Å². The first kappa shape index (κ1) is 32.4. The molecule has 0 heterocycles. The molecule has 0 saturated heterocycles. The van der Waals surface area contributed by atoms with Crippen molar-refractivity contribution in [1.82, 2.24) is 16.0 Å². The fourth-order valence-electron chi connectivity index (χ4n) is 3.73. The molecule has 0 aliphatic carbocycles. The number of hydrogen-bond acceptors (Lipinski definition) is 6. The third-order valence-corrected chi connectivity index (χ3v) is 6.24. The summed E-state index contributed by atoms with van der Waals surface area (Å²) in [7, 11) is 0. The molecular weight excluding hydrogens is 490 g/mol. The summed E-state index contributed by atoms with van der Waals surface area (Å²) in [5.74, 6) is -3.66. The molecule has 1 rings (SSSR count). The number of carboxylic acid groups (broad SMARTS) is 1. The highest BCUT2D eigenvalue weighted by atomic mass is 16.4. The number of hydrogen-bond donors (Lipinski definition) is 7. The van der Waals surface area contributed by atoms with Crippen LogP contribution < -0.4 is 33.2 Å². The molecule has 1 aromatic carbocycles. The van der Waals surface area contributed by atoms with Gasteiger partial charge in [0.15, 0.2) is 5.96 Å². The standard InChI is InChI=1S/C26H43N7O5/c1-5-16(4)21(25(37)38)33-23(35)19(12-9-13-30-26(28)29)31-24(36)20(15(2)3)32-22(34)18(27)14-17-10-7-6-8-11-17/h6-8,10-11,15-16,18-21H,5,9,12-14,27H2,1-4H3,(H,31,36)(H,32,34)(H,33,35)(H,37,38)(H4,28,29,30). The molecule has 0 aliphatic heterocycles. The lowest BCUT2D eigenvalue weighted by molar-refractivity contribution is -0.144. The highest BCUT2D eigenvalue weighted by Crippen LogP contribution is 2.11. The van der Waals surface area contributed by atoms with Crippen LogP contribution >= 0.6 is 0 Å². The minimum atomic E-state index is -1.17. The Bertz CT molecular complexity index is 951.